The van der Waals surface area contributed by atoms with Crippen molar-refractivity contribution < 1.29 is 14.4 Å². The van der Waals surface area contributed by atoms with E-state index in [0.29, 0.717) is 5.75 Å². The van der Waals surface area contributed by atoms with E-state index in [1.165, 1.54) is 25.1 Å². The molecular formula is C16H21N3O3S2. The SMILES string of the molecule is CO/N=C/C(C)(C)NC(=O)C(Oc1cc(C)c2ncsc2c1)SC. The third-order valence-corrected chi connectivity index (χ3v) is 4.71. The molecule has 0 saturated heterocycles. The van der Waals surface area contributed by atoms with Crippen LogP contribution in [0.3, 0.4) is 0 Å². The summed E-state index contributed by atoms with van der Waals surface area (Å²) < 4.78 is 6.93. The molecule has 2 rings (SSSR count). The van der Waals surface area contributed by atoms with Crippen LogP contribution in [0, 0.1) is 6.92 Å². The van der Waals surface area contributed by atoms with Crippen molar-refractivity contribution >= 4 is 45.4 Å². The molecule has 24 heavy (non-hydrogen) atoms. The van der Waals surface area contributed by atoms with Gasteiger partial charge in [-0.05, 0) is 44.7 Å². The van der Waals surface area contributed by atoms with Crippen LogP contribution in [0.2, 0.25) is 0 Å². The Kier molecular flexibility index (Phi) is 6.06. The molecule has 0 saturated carbocycles. The maximum atomic E-state index is 12.5. The van der Waals surface area contributed by atoms with Gasteiger partial charge in [0.25, 0.3) is 5.91 Å². The van der Waals surface area contributed by atoms with Crippen molar-refractivity contribution in [2.75, 3.05) is 13.4 Å². The summed E-state index contributed by atoms with van der Waals surface area (Å²) in [5.74, 6) is 0.430. The molecule has 0 bridgehead atoms. The van der Waals surface area contributed by atoms with Crippen molar-refractivity contribution in [2.45, 2.75) is 31.7 Å². The number of rotatable bonds is 7. The van der Waals surface area contributed by atoms with Gasteiger partial charge in [0, 0.05) is 0 Å². The van der Waals surface area contributed by atoms with Crippen LogP contribution in [0.15, 0.2) is 22.8 Å². The topological polar surface area (TPSA) is 72.8 Å². The Morgan fingerprint density at radius 2 is 2.25 bits per heavy atom. The van der Waals surface area contributed by atoms with Crippen LogP contribution in [0.25, 0.3) is 10.2 Å². The molecule has 1 atom stereocenters. The van der Waals surface area contributed by atoms with Crippen LogP contribution >= 0.6 is 23.1 Å². The molecule has 0 aliphatic heterocycles. The zero-order valence-corrected chi connectivity index (χ0v) is 16.0. The minimum Gasteiger partial charge on any atom is -0.470 e. The highest BCUT2D eigenvalue weighted by atomic mass is 32.2. The van der Waals surface area contributed by atoms with Crippen LogP contribution in [-0.4, -0.2) is 41.4 Å². The van der Waals surface area contributed by atoms with Crippen molar-refractivity contribution in [3.63, 3.8) is 0 Å². The van der Waals surface area contributed by atoms with Crippen molar-refractivity contribution in [2.24, 2.45) is 5.16 Å². The van der Waals surface area contributed by atoms with Gasteiger partial charge >= 0.3 is 0 Å². The highest BCUT2D eigenvalue weighted by molar-refractivity contribution is 7.99. The summed E-state index contributed by atoms with van der Waals surface area (Å²) in [7, 11) is 1.46. The van der Waals surface area contributed by atoms with E-state index in [4.69, 9.17) is 4.74 Å². The number of benzene rings is 1. The lowest BCUT2D eigenvalue weighted by molar-refractivity contribution is -0.125. The lowest BCUT2D eigenvalue weighted by Crippen LogP contribution is -2.49. The van der Waals surface area contributed by atoms with E-state index in [1.54, 1.807) is 16.8 Å². The molecule has 1 amide bonds. The van der Waals surface area contributed by atoms with Crippen LogP contribution < -0.4 is 10.1 Å². The number of thiazole rings is 1. The number of carbonyl (C=O) groups excluding carboxylic acids is 1. The normalized spacial score (nSPS) is 13.2. The highest BCUT2D eigenvalue weighted by Crippen LogP contribution is 2.28. The van der Waals surface area contributed by atoms with Gasteiger partial charge < -0.3 is 14.9 Å². The van der Waals surface area contributed by atoms with E-state index in [-0.39, 0.29) is 5.91 Å². The van der Waals surface area contributed by atoms with Gasteiger partial charge in [-0.25, -0.2) is 4.98 Å². The minimum atomic E-state index is -0.662. The van der Waals surface area contributed by atoms with Crippen molar-refractivity contribution in [1.29, 1.82) is 0 Å². The first kappa shape index (κ1) is 18.5. The second-order valence-electron chi connectivity index (χ2n) is 5.75. The summed E-state index contributed by atoms with van der Waals surface area (Å²) in [6.07, 6.45) is 3.37. The molecule has 0 radical (unpaired) electrons. The number of hydrogen-bond acceptors (Lipinski definition) is 7. The van der Waals surface area contributed by atoms with Gasteiger partial charge in [-0.1, -0.05) is 5.16 Å². The minimum absolute atomic E-state index is 0.225. The van der Waals surface area contributed by atoms with Crippen LogP contribution in [0.4, 0.5) is 0 Å². The number of fused-ring (bicyclic) bond motifs is 1. The second-order valence-corrected chi connectivity index (χ2v) is 7.54. The number of carbonyl (C=O) groups is 1. The van der Waals surface area contributed by atoms with E-state index in [0.717, 1.165) is 15.8 Å². The second kappa shape index (κ2) is 7.85. The molecule has 1 unspecified atom stereocenters. The summed E-state index contributed by atoms with van der Waals surface area (Å²) in [5, 5.41) is 6.60. The summed E-state index contributed by atoms with van der Waals surface area (Å²) in [6, 6.07) is 3.81. The summed E-state index contributed by atoms with van der Waals surface area (Å²) in [5.41, 5.74) is 2.50. The fraction of sp³-hybridized carbons (Fsp3) is 0.438. The smallest absolute Gasteiger partial charge is 0.272 e. The molecule has 1 N–H and O–H groups in total. The molecule has 0 spiro atoms. The van der Waals surface area contributed by atoms with Gasteiger partial charge in [-0.3, -0.25) is 4.79 Å². The van der Waals surface area contributed by atoms with E-state index in [1.807, 2.05) is 39.2 Å². The predicted molar refractivity (Wildman–Crippen MR) is 100 cm³/mol. The standard InChI is InChI=1S/C16H21N3O3S2/c1-10-6-11(7-12-13(10)17-9-24-12)22-15(23-5)14(20)19-16(2,3)8-18-21-4/h6-9,15H,1-5H3,(H,19,20)/b18-8+. The van der Waals surface area contributed by atoms with Gasteiger partial charge in [0.2, 0.25) is 5.44 Å². The van der Waals surface area contributed by atoms with Crippen molar-refractivity contribution in [1.82, 2.24) is 10.3 Å². The molecule has 0 aliphatic rings. The number of nitrogens with zero attached hydrogens (tertiary/aromatic N) is 2. The van der Waals surface area contributed by atoms with E-state index in [9.17, 15) is 4.79 Å². The fourth-order valence-corrected chi connectivity index (χ4v) is 3.36. The Morgan fingerprint density at radius 1 is 1.50 bits per heavy atom. The molecule has 6 nitrogen and oxygen atoms in total. The van der Waals surface area contributed by atoms with Gasteiger partial charge in [0.15, 0.2) is 0 Å². The first-order valence-electron chi connectivity index (χ1n) is 7.29. The quantitative estimate of drug-likeness (QED) is 0.462. The number of oxime groups is 1. The number of hydrogen-bond donors (Lipinski definition) is 1. The Morgan fingerprint density at radius 3 is 2.92 bits per heavy atom. The lowest BCUT2D eigenvalue weighted by atomic mass is 10.1. The van der Waals surface area contributed by atoms with Crippen molar-refractivity contribution in [3.8, 4) is 5.75 Å². The fourth-order valence-electron chi connectivity index (χ4n) is 2.10. The molecule has 1 aromatic carbocycles. The first-order valence-corrected chi connectivity index (χ1v) is 9.46. The lowest BCUT2D eigenvalue weighted by Gasteiger charge is -2.24. The maximum Gasteiger partial charge on any atom is 0.272 e. The number of aryl methyl sites for hydroxylation is 1. The first-order chi connectivity index (χ1) is 11.4. The van der Waals surface area contributed by atoms with Crippen LogP contribution in [0.1, 0.15) is 19.4 Å². The summed E-state index contributed by atoms with van der Waals surface area (Å²) >= 11 is 2.88. The molecule has 8 heteroatoms. The highest BCUT2D eigenvalue weighted by Gasteiger charge is 2.26. The van der Waals surface area contributed by atoms with Crippen LogP contribution in [-0.2, 0) is 9.63 Å². The Labute approximate surface area is 149 Å². The van der Waals surface area contributed by atoms with E-state index >= 15 is 0 Å². The molecule has 1 heterocycles. The average molecular weight is 367 g/mol. The number of ether oxygens (including phenoxy) is 1. The van der Waals surface area contributed by atoms with E-state index < -0.39 is 11.0 Å². The van der Waals surface area contributed by atoms with Gasteiger partial charge in [-0.15, -0.1) is 23.1 Å². The number of thioether (sulfide) groups is 1. The maximum absolute atomic E-state index is 12.5. The van der Waals surface area contributed by atoms with Gasteiger partial charge in [0.1, 0.15) is 12.9 Å². The van der Waals surface area contributed by atoms with Crippen LogP contribution in [0.5, 0.6) is 5.75 Å². The number of aromatic nitrogens is 1. The Bertz CT molecular complexity index is 743. The Balaban J connectivity index is 2.12. The van der Waals surface area contributed by atoms with Crippen molar-refractivity contribution in [3.05, 3.63) is 23.2 Å². The molecular weight excluding hydrogens is 346 g/mol. The molecule has 0 fully saturated rings. The average Bonchev–Trinajstić information content (AvgIpc) is 2.99. The molecule has 2 aromatic rings. The molecule has 0 aliphatic carbocycles. The van der Waals surface area contributed by atoms with Gasteiger partial charge in [-0.2, -0.15) is 0 Å². The number of nitrogens with one attached hydrogen (secondary N) is 1. The summed E-state index contributed by atoms with van der Waals surface area (Å²) in [4.78, 5) is 21.5. The Hall–Kier alpha value is -1.80. The zero-order chi connectivity index (χ0) is 17.7. The zero-order valence-electron chi connectivity index (χ0n) is 14.3. The molecule has 130 valence electrons. The van der Waals surface area contributed by atoms with E-state index in [2.05, 4.69) is 20.3 Å². The largest absolute Gasteiger partial charge is 0.470 e. The predicted octanol–water partition coefficient (Wildman–Crippen LogP) is 3.20. The van der Waals surface area contributed by atoms with Gasteiger partial charge in [0.05, 0.1) is 27.5 Å². The number of amides is 1. The third-order valence-electron chi connectivity index (χ3n) is 3.20. The third kappa shape index (κ3) is 4.61. The monoisotopic (exact) mass is 367 g/mol. The molecule has 1 aromatic heterocycles. The summed E-state index contributed by atoms with van der Waals surface area (Å²) in [6.45, 7) is 5.64.